The lowest BCUT2D eigenvalue weighted by Crippen LogP contribution is -2.46. The molecule has 3 aromatic carbocycles. The molecule has 9 nitrogen and oxygen atoms in total. The first-order chi connectivity index (χ1) is 19.9. The Kier molecular flexibility index (Phi) is 9.18. The van der Waals surface area contributed by atoms with Crippen LogP contribution in [-0.2, 0) is 28.8 Å². The molecule has 1 aliphatic carbocycles. The number of ether oxygens (including phenoxy) is 4. The maximum atomic E-state index is 11.5. The minimum atomic E-state index is -1.04. The average molecular weight is 563 g/mol. The number of carboxylic acids is 1. The Balaban J connectivity index is 1.13. The lowest BCUT2D eigenvalue weighted by atomic mass is 9.94. The first kappa shape index (κ1) is 28.6. The number of rotatable bonds is 11. The van der Waals surface area contributed by atoms with Crippen LogP contribution in [0.3, 0.4) is 0 Å². The van der Waals surface area contributed by atoms with Gasteiger partial charge in [-0.3, -0.25) is 9.59 Å². The second-order valence-corrected chi connectivity index (χ2v) is 10.2. The van der Waals surface area contributed by atoms with E-state index in [9.17, 15) is 9.59 Å². The molecule has 5 rings (SSSR count). The SMILES string of the molecule is C=C(c1ccc(Oc2ccc3ccc(OCCOC(=O)CCC(=O)O)cc3c2)cc1)C1COC2(CCCCC2)OO1. The summed E-state index contributed by atoms with van der Waals surface area (Å²) in [6.07, 6.45) is 4.30. The van der Waals surface area contributed by atoms with Gasteiger partial charge in [0.05, 0.1) is 19.4 Å². The lowest BCUT2D eigenvalue weighted by molar-refractivity contribution is -0.483. The number of benzene rings is 3. The molecule has 0 aromatic heterocycles. The molecule has 1 aliphatic heterocycles. The summed E-state index contributed by atoms with van der Waals surface area (Å²) in [5.74, 6) is -0.236. The van der Waals surface area contributed by atoms with Crippen molar-refractivity contribution >= 4 is 28.3 Å². The van der Waals surface area contributed by atoms with Crippen LogP contribution in [0.4, 0.5) is 0 Å². The number of fused-ring (bicyclic) bond motifs is 1. The van der Waals surface area contributed by atoms with E-state index >= 15 is 0 Å². The lowest BCUT2D eigenvalue weighted by Gasteiger charge is -2.41. The van der Waals surface area contributed by atoms with Crippen molar-refractivity contribution in [2.45, 2.75) is 56.8 Å². The zero-order chi connectivity index (χ0) is 28.7. The third-order valence-corrected chi connectivity index (χ3v) is 7.22. The number of aliphatic carboxylic acids is 1. The van der Waals surface area contributed by atoms with Gasteiger partial charge in [0.1, 0.15) is 36.6 Å². The maximum absolute atomic E-state index is 11.5. The van der Waals surface area contributed by atoms with Crippen molar-refractivity contribution in [2.75, 3.05) is 19.8 Å². The molecule has 9 heteroatoms. The maximum Gasteiger partial charge on any atom is 0.306 e. The van der Waals surface area contributed by atoms with Gasteiger partial charge < -0.3 is 24.1 Å². The van der Waals surface area contributed by atoms with Gasteiger partial charge in [0, 0.05) is 12.8 Å². The van der Waals surface area contributed by atoms with Crippen LogP contribution in [0.15, 0.2) is 67.2 Å². The molecule has 1 saturated heterocycles. The average Bonchev–Trinajstić information content (AvgIpc) is 2.99. The topological polar surface area (TPSA) is 110 Å². The molecule has 0 radical (unpaired) electrons. The zero-order valence-electron chi connectivity index (χ0n) is 22.8. The number of carboxylic acid groups (broad SMARTS) is 1. The molecule has 0 bridgehead atoms. The van der Waals surface area contributed by atoms with Crippen LogP contribution in [0.25, 0.3) is 16.3 Å². The highest BCUT2D eigenvalue weighted by molar-refractivity contribution is 5.85. The molecule has 3 aromatic rings. The quantitative estimate of drug-likeness (QED) is 0.160. The monoisotopic (exact) mass is 562 g/mol. The predicted molar refractivity (Wildman–Crippen MR) is 151 cm³/mol. The normalized spacial score (nSPS) is 18.1. The zero-order valence-corrected chi connectivity index (χ0v) is 22.8. The van der Waals surface area contributed by atoms with E-state index in [0.29, 0.717) is 23.9 Å². The van der Waals surface area contributed by atoms with Crippen molar-refractivity contribution in [3.05, 3.63) is 72.8 Å². The number of esters is 1. The molecular formula is C32H34O9. The third kappa shape index (κ3) is 7.64. The molecule has 1 N–H and O–H groups in total. The van der Waals surface area contributed by atoms with E-state index in [0.717, 1.165) is 47.6 Å². The summed E-state index contributed by atoms with van der Waals surface area (Å²) in [5.41, 5.74) is 1.71. The van der Waals surface area contributed by atoms with Crippen LogP contribution in [0, 0.1) is 0 Å². The molecule has 1 atom stereocenters. The van der Waals surface area contributed by atoms with E-state index in [2.05, 4.69) is 6.58 Å². The molecule has 1 heterocycles. The molecule has 1 saturated carbocycles. The van der Waals surface area contributed by atoms with Gasteiger partial charge >= 0.3 is 11.9 Å². The van der Waals surface area contributed by atoms with Crippen molar-refractivity contribution in [3.63, 3.8) is 0 Å². The van der Waals surface area contributed by atoms with Gasteiger partial charge in [0.2, 0.25) is 5.79 Å². The van der Waals surface area contributed by atoms with Crippen molar-refractivity contribution < 1.29 is 43.4 Å². The first-order valence-electron chi connectivity index (χ1n) is 13.9. The Morgan fingerprint density at radius 1 is 0.878 bits per heavy atom. The van der Waals surface area contributed by atoms with Crippen LogP contribution in [-0.4, -0.2) is 48.8 Å². The standard InChI is InChI=1S/C32H34O9/c1-22(29-21-38-32(41-40-29)15-3-2-4-16-32)23-5-9-26(10-6-23)39-28-12-8-24-7-11-27(19-25(24)20-28)36-17-18-37-31(35)14-13-30(33)34/h5-12,19-20,29H,1-4,13-18,21H2,(H,33,34). The number of carbonyl (C=O) groups is 2. The Morgan fingerprint density at radius 3 is 2.29 bits per heavy atom. The minimum absolute atomic E-state index is 0.0375. The highest BCUT2D eigenvalue weighted by atomic mass is 17.2. The number of carbonyl (C=O) groups excluding carboxylic acids is 1. The second-order valence-electron chi connectivity index (χ2n) is 10.2. The summed E-state index contributed by atoms with van der Waals surface area (Å²) in [5, 5.41) is 10.6. The van der Waals surface area contributed by atoms with Gasteiger partial charge in [-0.2, -0.15) is 0 Å². The van der Waals surface area contributed by atoms with E-state index in [4.69, 9.17) is 33.8 Å². The van der Waals surface area contributed by atoms with Crippen molar-refractivity contribution in [3.8, 4) is 17.2 Å². The van der Waals surface area contributed by atoms with Crippen molar-refractivity contribution in [1.82, 2.24) is 0 Å². The summed E-state index contributed by atoms with van der Waals surface area (Å²) >= 11 is 0. The fourth-order valence-corrected chi connectivity index (χ4v) is 4.91. The number of hydrogen-bond donors (Lipinski definition) is 1. The highest BCUT2D eigenvalue weighted by Gasteiger charge is 2.41. The Hall–Kier alpha value is -3.92. The van der Waals surface area contributed by atoms with E-state index in [-0.39, 0.29) is 32.2 Å². The molecule has 1 unspecified atom stereocenters. The van der Waals surface area contributed by atoms with E-state index < -0.39 is 17.7 Å². The Labute approximate surface area is 238 Å². The van der Waals surface area contributed by atoms with Gasteiger partial charge in [-0.25, -0.2) is 9.78 Å². The molecule has 216 valence electrons. The number of hydrogen-bond acceptors (Lipinski definition) is 8. The van der Waals surface area contributed by atoms with Gasteiger partial charge in [-0.1, -0.05) is 37.3 Å². The van der Waals surface area contributed by atoms with E-state index in [1.807, 2.05) is 60.7 Å². The van der Waals surface area contributed by atoms with Crippen LogP contribution in [0.5, 0.6) is 17.2 Å². The van der Waals surface area contributed by atoms with Crippen molar-refractivity contribution in [2.24, 2.45) is 0 Å². The Morgan fingerprint density at radius 2 is 1.59 bits per heavy atom. The fraction of sp³-hybridized carbons (Fsp3) is 0.375. The second kappa shape index (κ2) is 13.2. The summed E-state index contributed by atoms with van der Waals surface area (Å²) in [6, 6.07) is 19.1. The van der Waals surface area contributed by atoms with Crippen LogP contribution >= 0.6 is 0 Å². The van der Waals surface area contributed by atoms with Gasteiger partial charge in [-0.05, 0) is 71.1 Å². The summed E-state index contributed by atoms with van der Waals surface area (Å²) in [6.45, 7) is 4.81. The largest absolute Gasteiger partial charge is 0.490 e. The summed E-state index contributed by atoms with van der Waals surface area (Å²) in [7, 11) is 0. The van der Waals surface area contributed by atoms with Gasteiger partial charge in [-0.15, -0.1) is 0 Å². The Bertz CT molecular complexity index is 1370. The predicted octanol–water partition coefficient (Wildman–Crippen LogP) is 6.44. The fourth-order valence-electron chi connectivity index (χ4n) is 4.91. The third-order valence-electron chi connectivity index (χ3n) is 7.22. The van der Waals surface area contributed by atoms with Gasteiger partial charge in [0.25, 0.3) is 0 Å². The molecule has 2 fully saturated rings. The van der Waals surface area contributed by atoms with E-state index in [1.165, 1.54) is 6.42 Å². The smallest absolute Gasteiger partial charge is 0.306 e. The van der Waals surface area contributed by atoms with Crippen molar-refractivity contribution in [1.29, 1.82) is 0 Å². The molecular weight excluding hydrogens is 528 g/mol. The van der Waals surface area contributed by atoms with Crippen LogP contribution in [0.2, 0.25) is 0 Å². The molecule has 0 amide bonds. The summed E-state index contributed by atoms with van der Waals surface area (Å²) in [4.78, 5) is 33.5. The van der Waals surface area contributed by atoms with Gasteiger partial charge in [0.15, 0.2) is 0 Å². The molecule has 1 spiro atoms. The van der Waals surface area contributed by atoms with Crippen LogP contribution < -0.4 is 9.47 Å². The van der Waals surface area contributed by atoms with Crippen LogP contribution in [0.1, 0.15) is 50.5 Å². The highest BCUT2D eigenvalue weighted by Crippen LogP contribution is 2.38. The minimum Gasteiger partial charge on any atom is -0.490 e. The molecule has 2 aliphatic rings. The van der Waals surface area contributed by atoms with E-state index in [1.54, 1.807) is 0 Å². The first-order valence-corrected chi connectivity index (χ1v) is 13.9. The summed E-state index contributed by atoms with van der Waals surface area (Å²) < 4.78 is 22.9. The molecule has 41 heavy (non-hydrogen) atoms.